The number of aromatic amines is 2. The van der Waals surface area contributed by atoms with Crippen molar-refractivity contribution in [1.29, 1.82) is 0 Å². The maximum atomic E-state index is 12.7. The van der Waals surface area contributed by atoms with E-state index in [4.69, 9.17) is 18.9 Å². The van der Waals surface area contributed by atoms with E-state index in [-0.39, 0.29) is 94.8 Å². The van der Waals surface area contributed by atoms with Crippen molar-refractivity contribution in [3.63, 3.8) is 0 Å². The highest BCUT2D eigenvalue weighted by molar-refractivity contribution is 5.88. The zero-order chi connectivity index (χ0) is 50.0. The number of nitrogens with one attached hydrogen (secondary N) is 6. The van der Waals surface area contributed by atoms with E-state index in [0.29, 0.717) is 76.0 Å². The van der Waals surface area contributed by atoms with Crippen LogP contribution in [0.4, 0.5) is 26.3 Å². The van der Waals surface area contributed by atoms with Gasteiger partial charge in [0.2, 0.25) is 11.9 Å². The van der Waals surface area contributed by atoms with Crippen molar-refractivity contribution >= 4 is 42.1 Å². The van der Waals surface area contributed by atoms with Gasteiger partial charge in [-0.15, -0.1) is 0 Å². The smallest absolute Gasteiger partial charge is 0.466 e. The van der Waals surface area contributed by atoms with Crippen LogP contribution in [0, 0.1) is 35.5 Å². The van der Waals surface area contributed by atoms with Crippen LogP contribution in [0.3, 0.4) is 0 Å². The van der Waals surface area contributed by atoms with Crippen molar-refractivity contribution in [2.24, 2.45) is 21.7 Å². The molecular formula is C49H78N8O11. The van der Waals surface area contributed by atoms with Gasteiger partial charge in [-0.25, -0.2) is 24.4 Å². The molecule has 19 heteroatoms. The largest absolute Gasteiger partial charge is 0.508 e. The first-order valence-electron chi connectivity index (χ1n) is 24.4. The standard InChI is InChI=1S/C49H78N8O11/c1-33-25-37(58)54-41(50-33)56-43(62)52-35-27-46(3,4)31-48(7,29-35)19-17-39(60)65-21-13-9-11-15-23-67-45(64)68-24-16-12-10-14-22-66-40(61)18-20-49(8)30-36(28-47(5,6)32-49)53-44(63)57-42-51-34(2)26-38(59)55-42/h25-26,35-36H,9-24,27-32H2,1-8H3,(H3,50,52,54,56,58,62)(H3,51,53,55,57,59,63). The number of nitrogens with zero attached hydrogens (tertiary/aromatic N) is 2. The minimum atomic E-state index is -0.692. The molecule has 2 aliphatic carbocycles. The van der Waals surface area contributed by atoms with Crippen LogP contribution in [0.5, 0.6) is 0 Å². The van der Waals surface area contributed by atoms with Gasteiger partial charge in [-0.1, -0.05) is 41.5 Å². The molecule has 2 fully saturated rings. The molecule has 19 nitrogen and oxygen atoms in total. The third-order valence-electron chi connectivity index (χ3n) is 12.7. The normalized spacial score (nSPS) is 21.7. The molecular weight excluding hydrogens is 877 g/mol. The first kappa shape index (κ1) is 55.1. The Morgan fingerprint density at radius 2 is 0.912 bits per heavy atom. The van der Waals surface area contributed by atoms with Crippen molar-refractivity contribution in [3.8, 4) is 0 Å². The third-order valence-corrected chi connectivity index (χ3v) is 12.7. The summed E-state index contributed by atoms with van der Waals surface area (Å²) in [7, 11) is 0. The molecule has 2 heterocycles. The number of hydrogen-bond acceptors (Lipinski definition) is 13. The molecule has 380 valence electrons. The van der Waals surface area contributed by atoms with Crippen LogP contribution in [0.25, 0.3) is 0 Å². The van der Waals surface area contributed by atoms with Crippen LogP contribution in [0.2, 0.25) is 0 Å². The van der Waals surface area contributed by atoms with E-state index in [1.54, 1.807) is 13.8 Å². The lowest BCUT2D eigenvalue weighted by Crippen LogP contribution is -2.48. The van der Waals surface area contributed by atoms with Crippen molar-refractivity contribution in [3.05, 3.63) is 44.2 Å². The number of H-pyrrole nitrogens is 2. The maximum absolute atomic E-state index is 12.7. The predicted octanol–water partition coefficient (Wildman–Crippen LogP) is 8.50. The number of esters is 2. The summed E-state index contributed by atoms with van der Waals surface area (Å²) in [5.74, 6) is -0.296. The molecule has 4 rings (SSSR count). The molecule has 0 spiro atoms. The molecule has 4 atom stereocenters. The fraction of sp³-hybridized carbons (Fsp3) is 0.735. The molecule has 68 heavy (non-hydrogen) atoms. The zero-order valence-electron chi connectivity index (χ0n) is 41.8. The van der Waals surface area contributed by atoms with Crippen LogP contribution < -0.4 is 32.4 Å². The quantitative estimate of drug-likeness (QED) is 0.0328. The molecule has 2 aromatic heterocycles. The van der Waals surface area contributed by atoms with E-state index < -0.39 is 18.2 Å². The maximum Gasteiger partial charge on any atom is 0.508 e. The van der Waals surface area contributed by atoms with Crippen molar-refractivity contribution in [2.45, 2.75) is 183 Å². The number of carbonyl (C=O) groups is 5. The third kappa shape index (κ3) is 21.2. The first-order valence-corrected chi connectivity index (χ1v) is 24.4. The second-order valence-electron chi connectivity index (χ2n) is 21.4. The average molecular weight is 955 g/mol. The van der Waals surface area contributed by atoms with Crippen molar-refractivity contribution in [1.82, 2.24) is 30.6 Å². The van der Waals surface area contributed by atoms with Crippen molar-refractivity contribution < 1.29 is 42.9 Å². The molecule has 0 aromatic carbocycles. The second kappa shape index (κ2) is 25.8. The highest BCUT2D eigenvalue weighted by Crippen LogP contribution is 2.49. The zero-order valence-corrected chi connectivity index (χ0v) is 41.8. The van der Waals surface area contributed by atoms with Gasteiger partial charge in [-0.2, -0.15) is 0 Å². The fourth-order valence-corrected chi connectivity index (χ4v) is 10.6. The lowest BCUT2D eigenvalue weighted by atomic mass is 9.61. The molecule has 0 radical (unpaired) electrons. The summed E-state index contributed by atoms with van der Waals surface area (Å²) in [4.78, 5) is 99.6. The summed E-state index contributed by atoms with van der Waals surface area (Å²) < 4.78 is 21.4. The number of anilines is 2. The van der Waals surface area contributed by atoms with E-state index >= 15 is 0 Å². The number of unbranched alkanes of at least 4 members (excludes halogenated alkanes) is 6. The summed E-state index contributed by atoms with van der Waals surface area (Å²) in [5.41, 5.74) is -0.128. The molecule has 2 aliphatic rings. The first-order chi connectivity index (χ1) is 32.0. The van der Waals surface area contributed by atoms with E-state index in [0.717, 1.165) is 51.4 Å². The van der Waals surface area contributed by atoms with E-state index in [2.05, 4.69) is 82.7 Å². The van der Waals surface area contributed by atoms with Gasteiger partial charge in [0, 0.05) is 48.4 Å². The van der Waals surface area contributed by atoms with Crippen LogP contribution in [-0.2, 0) is 28.5 Å². The van der Waals surface area contributed by atoms with Gasteiger partial charge in [0.15, 0.2) is 0 Å². The highest BCUT2D eigenvalue weighted by atomic mass is 16.7. The number of hydrogen-bond donors (Lipinski definition) is 6. The number of aromatic nitrogens is 4. The second-order valence-corrected chi connectivity index (χ2v) is 21.4. The van der Waals surface area contributed by atoms with Crippen molar-refractivity contribution in [2.75, 3.05) is 37.1 Å². The topological polar surface area (TPSA) is 262 Å². The Morgan fingerprint density at radius 3 is 1.26 bits per heavy atom. The van der Waals surface area contributed by atoms with E-state index in [1.165, 1.54) is 12.1 Å². The molecule has 0 aliphatic heterocycles. The van der Waals surface area contributed by atoms with Crippen LogP contribution >= 0.6 is 0 Å². The Morgan fingerprint density at radius 1 is 0.559 bits per heavy atom. The Balaban J connectivity index is 0.961. The fourth-order valence-electron chi connectivity index (χ4n) is 10.6. The summed E-state index contributed by atoms with van der Waals surface area (Å²) in [6, 6.07) is 1.60. The van der Waals surface area contributed by atoms with Gasteiger partial charge < -0.3 is 29.6 Å². The number of amides is 4. The van der Waals surface area contributed by atoms with E-state index in [1.807, 2.05) is 0 Å². The van der Waals surface area contributed by atoms with Crippen LogP contribution in [-0.4, -0.2) is 88.6 Å². The number of ether oxygens (including phenoxy) is 4. The van der Waals surface area contributed by atoms with E-state index in [9.17, 15) is 33.6 Å². The van der Waals surface area contributed by atoms with Crippen LogP contribution in [0.1, 0.15) is 169 Å². The number of rotatable bonds is 24. The van der Waals surface area contributed by atoms with Crippen LogP contribution in [0.15, 0.2) is 21.7 Å². The summed E-state index contributed by atoms with van der Waals surface area (Å²) in [6.45, 7) is 17.5. The molecule has 0 bridgehead atoms. The van der Waals surface area contributed by atoms with Gasteiger partial charge in [0.1, 0.15) is 0 Å². The van der Waals surface area contributed by atoms with Gasteiger partial charge in [-0.05, 0) is 138 Å². The molecule has 0 saturated heterocycles. The lowest BCUT2D eigenvalue weighted by molar-refractivity contribution is -0.145. The van der Waals surface area contributed by atoms with Gasteiger partial charge in [-0.3, -0.25) is 39.8 Å². The molecule has 2 aromatic rings. The Kier molecular flexibility index (Phi) is 20.9. The summed E-state index contributed by atoms with van der Waals surface area (Å²) in [5, 5.41) is 11.3. The Hall–Kier alpha value is -5.49. The Labute approximate surface area is 400 Å². The number of carbonyl (C=O) groups excluding carboxylic acids is 5. The Bertz CT molecular complexity index is 1980. The highest BCUT2D eigenvalue weighted by Gasteiger charge is 2.43. The molecule has 4 unspecified atom stereocenters. The minimum Gasteiger partial charge on any atom is -0.466 e. The average Bonchev–Trinajstić information content (AvgIpc) is 3.19. The molecule has 2 saturated carbocycles. The van der Waals surface area contributed by atoms with Gasteiger partial charge >= 0.3 is 30.2 Å². The summed E-state index contributed by atoms with van der Waals surface area (Å²) >= 11 is 0. The molecule has 4 amide bonds. The lowest BCUT2D eigenvalue weighted by Gasteiger charge is -2.47. The van der Waals surface area contributed by atoms with Gasteiger partial charge in [0.25, 0.3) is 11.1 Å². The van der Waals surface area contributed by atoms with Gasteiger partial charge in [0.05, 0.1) is 26.4 Å². The number of aryl methyl sites for hydroxylation is 2. The number of urea groups is 2. The SMILES string of the molecule is Cc1cc(=O)[nH]c(NC(=O)NC2CC(C)(C)CC(C)(CCC(=O)OCCCCCCOC(=O)OCCCCCCOC(=O)CCC3(C)CC(NC(=O)Nc4nc(C)cc(=O)[nH]4)CC(C)(C)C3)C2)n1. The summed E-state index contributed by atoms with van der Waals surface area (Å²) in [6.07, 6.45) is 12.0. The molecule has 6 N–H and O–H groups in total. The predicted molar refractivity (Wildman–Crippen MR) is 257 cm³/mol. The minimum absolute atomic E-state index is 0.0495. The monoisotopic (exact) mass is 955 g/mol.